The third-order valence-corrected chi connectivity index (χ3v) is 4.30. The zero-order valence-electron chi connectivity index (χ0n) is 11.6. The van der Waals surface area contributed by atoms with E-state index in [1.54, 1.807) is 13.0 Å². The molecule has 7 heteroatoms. The van der Waals surface area contributed by atoms with Crippen molar-refractivity contribution in [1.29, 1.82) is 0 Å². The molecular weight excluding hydrogens is 299 g/mol. The van der Waals surface area contributed by atoms with Crippen molar-refractivity contribution in [2.75, 3.05) is 19.1 Å². The predicted molar refractivity (Wildman–Crippen MR) is 82.8 cm³/mol. The Hall–Kier alpha value is -1.08. The molecule has 110 valence electrons. The summed E-state index contributed by atoms with van der Waals surface area (Å²) in [7, 11) is 0. The average Bonchev–Trinajstić information content (AvgIpc) is 2.43. The number of rotatable bonds is 5. The zero-order valence-corrected chi connectivity index (χ0v) is 13.3. The van der Waals surface area contributed by atoms with Gasteiger partial charge in [0.15, 0.2) is 6.04 Å². The Morgan fingerprint density at radius 1 is 1.50 bits per heavy atom. The first-order valence-electron chi connectivity index (χ1n) is 6.03. The van der Waals surface area contributed by atoms with E-state index in [1.807, 2.05) is 12.5 Å². The summed E-state index contributed by atoms with van der Waals surface area (Å²) in [6, 6.07) is 2.31. The smallest absolute Gasteiger partial charge is 0.331 e. The second kappa shape index (κ2) is 8.97. The highest BCUT2D eigenvalue weighted by Gasteiger charge is 2.20. The summed E-state index contributed by atoms with van der Waals surface area (Å²) in [4.78, 5) is 19.8. The summed E-state index contributed by atoms with van der Waals surface area (Å²) < 4.78 is 18.9. The molecule has 20 heavy (non-hydrogen) atoms. The first-order chi connectivity index (χ1) is 9.60. The third-order valence-electron chi connectivity index (χ3n) is 2.39. The lowest BCUT2D eigenvalue weighted by molar-refractivity contribution is -0.144. The van der Waals surface area contributed by atoms with Crippen molar-refractivity contribution >= 4 is 33.9 Å². The maximum absolute atomic E-state index is 13.1. The molecule has 0 saturated heterocycles. The Balaban J connectivity index is 2.93. The van der Waals surface area contributed by atoms with Gasteiger partial charge in [-0.1, -0.05) is 0 Å². The molecule has 0 spiro atoms. The fraction of sp³-hybridized carbons (Fsp3) is 0.462. The van der Waals surface area contributed by atoms with Crippen molar-refractivity contribution in [3.63, 3.8) is 0 Å². The molecule has 0 saturated carbocycles. The minimum absolute atomic E-state index is 0.295. The van der Waals surface area contributed by atoms with E-state index >= 15 is 0 Å². The Kier molecular flexibility index (Phi) is 7.61. The summed E-state index contributed by atoms with van der Waals surface area (Å²) in [5.41, 5.74) is 0.667. The van der Waals surface area contributed by atoms with Crippen molar-refractivity contribution in [2.45, 2.75) is 19.4 Å². The maximum Gasteiger partial charge on any atom is 0.331 e. The van der Waals surface area contributed by atoms with Gasteiger partial charge in [-0.3, -0.25) is 4.99 Å². The number of ether oxygens (including phenoxy) is 1. The highest BCUT2D eigenvalue weighted by atomic mass is 32.2. The number of carbonyl (C=O) groups excluding carboxylic acids is 1. The van der Waals surface area contributed by atoms with Gasteiger partial charge in [0.05, 0.1) is 6.61 Å². The fourth-order valence-electron chi connectivity index (χ4n) is 1.53. The molecule has 1 aromatic rings. The van der Waals surface area contributed by atoms with Crippen LogP contribution in [0.25, 0.3) is 0 Å². The molecule has 1 heterocycles. The Morgan fingerprint density at radius 3 is 2.75 bits per heavy atom. The number of aromatic nitrogens is 1. The van der Waals surface area contributed by atoms with Crippen LogP contribution in [0.15, 0.2) is 23.3 Å². The van der Waals surface area contributed by atoms with Crippen LogP contribution >= 0.6 is 23.5 Å². The second-order valence-corrected chi connectivity index (χ2v) is 5.61. The van der Waals surface area contributed by atoms with E-state index in [0.29, 0.717) is 18.6 Å². The highest BCUT2D eigenvalue weighted by molar-refractivity contribution is 8.38. The number of thioether (sulfide) groups is 2. The lowest BCUT2D eigenvalue weighted by atomic mass is 10.1. The van der Waals surface area contributed by atoms with Crippen LogP contribution in [0.4, 0.5) is 4.39 Å². The van der Waals surface area contributed by atoms with Crippen LogP contribution in [0.3, 0.4) is 0 Å². The molecule has 4 nitrogen and oxygen atoms in total. The van der Waals surface area contributed by atoms with Crippen LogP contribution in [0.5, 0.6) is 0 Å². The Bertz CT molecular complexity index is 477. The van der Waals surface area contributed by atoms with Gasteiger partial charge in [-0.25, -0.2) is 9.78 Å². The quantitative estimate of drug-likeness (QED) is 0.362. The molecule has 1 atom stereocenters. The molecule has 0 radical (unpaired) electrons. The van der Waals surface area contributed by atoms with Gasteiger partial charge in [0.2, 0.25) is 5.95 Å². The van der Waals surface area contributed by atoms with Gasteiger partial charge in [-0.05, 0) is 37.1 Å². The van der Waals surface area contributed by atoms with Gasteiger partial charge < -0.3 is 4.74 Å². The van der Waals surface area contributed by atoms with Crippen molar-refractivity contribution in [3.05, 3.63) is 29.8 Å². The van der Waals surface area contributed by atoms with Crippen molar-refractivity contribution in [2.24, 2.45) is 4.99 Å². The van der Waals surface area contributed by atoms with E-state index in [4.69, 9.17) is 4.74 Å². The zero-order chi connectivity index (χ0) is 15.0. The summed E-state index contributed by atoms with van der Waals surface area (Å²) in [6.45, 7) is 2.04. The molecule has 1 rings (SSSR count). The first kappa shape index (κ1) is 17.0. The van der Waals surface area contributed by atoms with E-state index < -0.39 is 18.0 Å². The lowest BCUT2D eigenvalue weighted by Gasteiger charge is -2.13. The number of pyridine rings is 1. The normalized spacial score (nSPS) is 11.8. The van der Waals surface area contributed by atoms with E-state index in [1.165, 1.54) is 35.8 Å². The van der Waals surface area contributed by atoms with Crippen LogP contribution in [-0.4, -0.2) is 40.5 Å². The molecule has 1 unspecified atom stereocenters. The van der Waals surface area contributed by atoms with Crippen LogP contribution in [0.1, 0.15) is 12.5 Å². The van der Waals surface area contributed by atoms with Crippen LogP contribution < -0.4 is 0 Å². The minimum atomic E-state index is -0.661. The Morgan fingerprint density at radius 2 is 2.20 bits per heavy atom. The lowest BCUT2D eigenvalue weighted by Crippen LogP contribution is -2.25. The van der Waals surface area contributed by atoms with Gasteiger partial charge in [0, 0.05) is 12.6 Å². The molecule has 0 bridgehead atoms. The van der Waals surface area contributed by atoms with Crippen LogP contribution in [0.2, 0.25) is 0 Å². The molecule has 0 aliphatic rings. The van der Waals surface area contributed by atoms with Crippen LogP contribution in [0, 0.1) is 5.95 Å². The third kappa shape index (κ3) is 5.50. The Labute approximate surface area is 126 Å². The highest BCUT2D eigenvalue weighted by Crippen LogP contribution is 2.16. The number of aliphatic imine (C=N–C) groups is 1. The molecule has 0 aromatic carbocycles. The van der Waals surface area contributed by atoms with Crippen molar-refractivity contribution < 1.29 is 13.9 Å². The number of nitrogens with zero attached hydrogens (tertiary/aromatic N) is 2. The standard InChI is InChI=1S/C13H17FN2O2S2/c1-4-18-12(17)10(16-13(19-2)20-3)7-9-5-6-15-11(14)8-9/h5-6,8,10H,4,7H2,1-3H3. The van der Waals surface area contributed by atoms with Gasteiger partial charge in [-0.15, -0.1) is 23.5 Å². The van der Waals surface area contributed by atoms with Crippen molar-refractivity contribution in [3.8, 4) is 0 Å². The van der Waals surface area contributed by atoms with Crippen LogP contribution in [-0.2, 0) is 16.0 Å². The number of halogens is 1. The number of carbonyl (C=O) groups is 1. The summed E-state index contributed by atoms with van der Waals surface area (Å²) in [5.74, 6) is -0.964. The number of hydrogen-bond donors (Lipinski definition) is 0. The van der Waals surface area contributed by atoms with E-state index in [0.717, 1.165) is 4.38 Å². The molecule has 0 aliphatic carbocycles. The van der Waals surface area contributed by atoms with Crippen molar-refractivity contribution in [1.82, 2.24) is 4.98 Å². The number of esters is 1. The van der Waals surface area contributed by atoms with E-state index in [2.05, 4.69) is 9.98 Å². The molecule has 1 aromatic heterocycles. The SMILES string of the molecule is CCOC(=O)C(Cc1ccnc(F)c1)N=C(SC)SC. The fourth-order valence-corrected chi connectivity index (χ4v) is 2.66. The largest absolute Gasteiger partial charge is 0.464 e. The minimum Gasteiger partial charge on any atom is -0.464 e. The predicted octanol–water partition coefficient (Wildman–Crippen LogP) is 2.78. The summed E-state index contributed by atoms with van der Waals surface area (Å²) in [6.07, 6.45) is 5.46. The van der Waals surface area contributed by atoms with Gasteiger partial charge in [-0.2, -0.15) is 4.39 Å². The summed E-state index contributed by atoms with van der Waals surface area (Å²) in [5, 5.41) is 0. The summed E-state index contributed by atoms with van der Waals surface area (Å²) >= 11 is 2.93. The maximum atomic E-state index is 13.1. The number of hydrogen-bond acceptors (Lipinski definition) is 6. The second-order valence-electron chi connectivity index (χ2n) is 3.76. The topological polar surface area (TPSA) is 51.5 Å². The molecule has 0 N–H and O–H groups in total. The van der Waals surface area contributed by atoms with E-state index in [9.17, 15) is 9.18 Å². The molecule has 0 fully saturated rings. The molecule has 0 amide bonds. The molecule has 0 aliphatic heterocycles. The van der Waals surface area contributed by atoms with Gasteiger partial charge >= 0.3 is 5.97 Å². The monoisotopic (exact) mass is 316 g/mol. The average molecular weight is 316 g/mol. The first-order valence-corrected chi connectivity index (χ1v) is 8.48. The van der Waals surface area contributed by atoms with E-state index in [-0.39, 0.29) is 0 Å². The molecular formula is C13H17FN2O2S2. The van der Waals surface area contributed by atoms with Gasteiger partial charge in [0.25, 0.3) is 0 Å². The van der Waals surface area contributed by atoms with Gasteiger partial charge in [0.1, 0.15) is 4.38 Å².